The maximum atomic E-state index is 12.5. The van der Waals surface area contributed by atoms with Gasteiger partial charge in [0.25, 0.3) is 5.91 Å². The summed E-state index contributed by atoms with van der Waals surface area (Å²) in [7, 11) is 0. The van der Waals surface area contributed by atoms with E-state index in [1.54, 1.807) is 11.0 Å². The quantitative estimate of drug-likeness (QED) is 0.879. The topological polar surface area (TPSA) is 69.7 Å². The second-order valence-corrected chi connectivity index (χ2v) is 7.67. The van der Waals surface area contributed by atoms with Crippen LogP contribution in [0.2, 0.25) is 0 Å². The molecule has 1 saturated heterocycles. The Hall–Kier alpha value is -2.37. The molecule has 1 aromatic rings. The number of carbonyl (C=O) groups is 3. The summed E-state index contributed by atoms with van der Waals surface area (Å²) in [6, 6.07) is 5.52. The summed E-state index contributed by atoms with van der Waals surface area (Å²) in [4.78, 5) is 40.7. The standard InChI is InChI=1S/C21H29N3O3/c1-15-7-8-18(13-16(15)2)20(26)22-14-19(25)23-9-11-24(12-10-23)21(27)17-5-3-4-6-17/h7-8,13,17H,3-6,9-12,14H2,1-2H3,(H,22,26). The van der Waals surface area contributed by atoms with Crippen LogP contribution in [0.25, 0.3) is 0 Å². The van der Waals surface area contributed by atoms with Crippen molar-refractivity contribution in [3.8, 4) is 0 Å². The molecule has 0 radical (unpaired) electrons. The Labute approximate surface area is 160 Å². The number of rotatable bonds is 4. The molecule has 1 saturated carbocycles. The molecule has 6 nitrogen and oxygen atoms in total. The Morgan fingerprint density at radius 2 is 1.59 bits per heavy atom. The molecule has 2 fully saturated rings. The molecule has 6 heteroatoms. The summed E-state index contributed by atoms with van der Waals surface area (Å²) in [5, 5.41) is 2.71. The van der Waals surface area contributed by atoms with Crippen LogP contribution in [0, 0.1) is 19.8 Å². The number of carbonyl (C=O) groups excluding carboxylic acids is 3. The zero-order valence-electron chi connectivity index (χ0n) is 16.3. The molecule has 1 aliphatic carbocycles. The largest absolute Gasteiger partial charge is 0.343 e. The van der Waals surface area contributed by atoms with Gasteiger partial charge in [0.05, 0.1) is 6.54 Å². The first-order valence-corrected chi connectivity index (χ1v) is 9.87. The third kappa shape index (κ3) is 4.67. The highest BCUT2D eigenvalue weighted by Crippen LogP contribution is 2.26. The van der Waals surface area contributed by atoms with Crippen molar-refractivity contribution in [2.24, 2.45) is 5.92 Å². The van der Waals surface area contributed by atoms with Crippen molar-refractivity contribution < 1.29 is 14.4 Å². The summed E-state index contributed by atoms with van der Waals surface area (Å²) in [6.45, 7) is 6.20. The molecule has 3 rings (SSSR count). The van der Waals surface area contributed by atoms with E-state index in [0.717, 1.165) is 36.8 Å². The lowest BCUT2D eigenvalue weighted by Gasteiger charge is -2.36. The molecule has 0 aromatic heterocycles. The van der Waals surface area contributed by atoms with Crippen molar-refractivity contribution in [1.29, 1.82) is 0 Å². The Morgan fingerprint density at radius 1 is 0.963 bits per heavy atom. The minimum absolute atomic E-state index is 0.0116. The van der Waals surface area contributed by atoms with Crippen LogP contribution < -0.4 is 5.32 Å². The maximum absolute atomic E-state index is 12.5. The van der Waals surface area contributed by atoms with Crippen molar-refractivity contribution >= 4 is 17.7 Å². The summed E-state index contributed by atoms with van der Waals surface area (Å²) in [6.07, 6.45) is 4.30. The highest BCUT2D eigenvalue weighted by Gasteiger charge is 2.30. The second kappa shape index (κ2) is 8.55. The molecule has 1 heterocycles. The molecule has 1 aliphatic heterocycles. The van der Waals surface area contributed by atoms with Crippen LogP contribution >= 0.6 is 0 Å². The van der Waals surface area contributed by atoms with E-state index >= 15 is 0 Å². The Morgan fingerprint density at radius 3 is 2.22 bits per heavy atom. The van der Waals surface area contributed by atoms with Gasteiger partial charge >= 0.3 is 0 Å². The molecular weight excluding hydrogens is 342 g/mol. The van der Waals surface area contributed by atoms with Crippen LogP contribution in [0.1, 0.15) is 47.2 Å². The van der Waals surface area contributed by atoms with Gasteiger partial charge in [-0.25, -0.2) is 0 Å². The van der Waals surface area contributed by atoms with Crippen LogP contribution in [-0.4, -0.2) is 60.2 Å². The van der Waals surface area contributed by atoms with Crippen molar-refractivity contribution in [2.75, 3.05) is 32.7 Å². The van der Waals surface area contributed by atoms with Gasteiger partial charge in [-0.3, -0.25) is 14.4 Å². The van der Waals surface area contributed by atoms with Crippen LogP contribution in [0.5, 0.6) is 0 Å². The van der Waals surface area contributed by atoms with E-state index in [1.165, 1.54) is 0 Å². The number of nitrogens with one attached hydrogen (secondary N) is 1. The first kappa shape index (κ1) is 19.4. The van der Waals surface area contributed by atoms with Crippen molar-refractivity contribution in [2.45, 2.75) is 39.5 Å². The molecule has 3 amide bonds. The van der Waals surface area contributed by atoms with Gasteiger partial charge in [0.2, 0.25) is 11.8 Å². The number of aryl methyl sites for hydroxylation is 2. The lowest BCUT2D eigenvalue weighted by molar-refractivity contribution is -0.141. The lowest BCUT2D eigenvalue weighted by atomic mass is 10.1. The third-order valence-corrected chi connectivity index (χ3v) is 5.82. The lowest BCUT2D eigenvalue weighted by Crippen LogP contribution is -2.53. The fourth-order valence-electron chi connectivity index (χ4n) is 3.86. The third-order valence-electron chi connectivity index (χ3n) is 5.82. The fourth-order valence-corrected chi connectivity index (χ4v) is 3.86. The van der Waals surface area contributed by atoms with E-state index in [2.05, 4.69) is 5.32 Å². The minimum atomic E-state index is -0.235. The Balaban J connectivity index is 1.44. The van der Waals surface area contributed by atoms with Gasteiger partial charge in [0.1, 0.15) is 0 Å². The predicted molar refractivity (Wildman–Crippen MR) is 103 cm³/mol. The van der Waals surface area contributed by atoms with Gasteiger partial charge in [0, 0.05) is 37.7 Å². The number of hydrogen-bond donors (Lipinski definition) is 1. The average molecular weight is 371 g/mol. The van der Waals surface area contributed by atoms with Gasteiger partial charge in [-0.2, -0.15) is 0 Å². The van der Waals surface area contributed by atoms with Crippen LogP contribution in [0.4, 0.5) is 0 Å². The molecule has 146 valence electrons. The van der Waals surface area contributed by atoms with Crippen LogP contribution in [0.15, 0.2) is 18.2 Å². The second-order valence-electron chi connectivity index (χ2n) is 7.67. The Kier molecular flexibility index (Phi) is 6.14. The monoisotopic (exact) mass is 371 g/mol. The van der Waals surface area contributed by atoms with E-state index in [-0.39, 0.29) is 30.2 Å². The number of amides is 3. The van der Waals surface area contributed by atoms with Gasteiger partial charge in [-0.1, -0.05) is 18.9 Å². The molecule has 1 aromatic carbocycles. The van der Waals surface area contributed by atoms with E-state index in [1.807, 2.05) is 30.9 Å². The van der Waals surface area contributed by atoms with Crippen molar-refractivity contribution in [3.63, 3.8) is 0 Å². The summed E-state index contributed by atoms with van der Waals surface area (Å²) in [5.74, 6) is 0.105. The number of hydrogen-bond acceptors (Lipinski definition) is 3. The van der Waals surface area contributed by atoms with Crippen molar-refractivity contribution in [3.05, 3.63) is 34.9 Å². The van der Waals surface area contributed by atoms with Gasteiger partial charge in [0.15, 0.2) is 0 Å². The normalized spacial score (nSPS) is 17.9. The molecule has 0 spiro atoms. The highest BCUT2D eigenvalue weighted by atomic mass is 16.2. The summed E-state index contributed by atoms with van der Waals surface area (Å²) >= 11 is 0. The van der Waals surface area contributed by atoms with E-state index in [4.69, 9.17) is 0 Å². The molecule has 0 bridgehead atoms. The van der Waals surface area contributed by atoms with Crippen LogP contribution in [-0.2, 0) is 9.59 Å². The Bertz CT molecular complexity index is 717. The number of piperazine rings is 1. The number of nitrogens with zero attached hydrogens (tertiary/aromatic N) is 2. The van der Waals surface area contributed by atoms with Crippen LogP contribution in [0.3, 0.4) is 0 Å². The smallest absolute Gasteiger partial charge is 0.251 e. The molecule has 1 N–H and O–H groups in total. The number of benzene rings is 1. The first-order chi connectivity index (χ1) is 13.0. The molecule has 27 heavy (non-hydrogen) atoms. The predicted octanol–water partition coefficient (Wildman–Crippen LogP) is 1.89. The van der Waals surface area contributed by atoms with E-state index in [9.17, 15) is 14.4 Å². The van der Waals surface area contributed by atoms with Gasteiger partial charge in [-0.15, -0.1) is 0 Å². The maximum Gasteiger partial charge on any atom is 0.251 e. The zero-order valence-corrected chi connectivity index (χ0v) is 16.3. The fraction of sp³-hybridized carbons (Fsp3) is 0.571. The first-order valence-electron chi connectivity index (χ1n) is 9.87. The van der Waals surface area contributed by atoms with Crippen molar-refractivity contribution in [1.82, 2.24) is 15.1 Å². The summed E-state index contributed by atoms with van der Waals surface area (Å²) in [5.41, 5.74) is 2.75. The summed E-state index contributed by atoms with van der Waals surface area (Å²) < 4.78 is 0. The highest BCUT2D eigenvalue weighted by molar-refractivity contribution is 5.96. The molecular formula is C21H29N3O3. The van der Waals surface area contributed by atoms with Gasteiger partial charge < -0.3 is 15.1 Å². The minimum Gasteiger partial charge on any atom is -0.343 e. The van der Waals surface area contributed by atoms with E-state index in [0.29, 0.717) is 31.7 Å². The molecule has 0 atom stereocenters. The zero-order chi connectivity index (χ0) is 19.4. The van der Waals surface area contributed by atoms with E-state index < -0.39 is 0 Å². The average Bonchev–Trinajstić information content (AvgIpc) is 3.22. The SMILES string of the molecule is Cc1ccc(C(=O)NCC(=O)N2CCN(C(=O)C3CCCC3)CC2)cc1C. The molecule has 2 aliphatic rings. The van der Waals surface area contributed by atoms with Gasteiger partial charge in [-0.05, 0) is 49.9 Å². The molecule has 0 unspecified atom stereocenters.